The van der Waals surface area contributed by atoms with Gasteiger partial charge in [-0.2, -0.15) is 0 Å². The van der Waals surface area contributed by atoms with Crippen molar-refractivity contribution in [2.45, 2.75) is 51.7 Å². The third-order valence-corrected chi connectivity index (χ3v) is 10.7. The number of hydrogen-bond donors (Lipinski definition) is 3. The minimum absolute atomic E-state index is 0.170. The number of para-hydroxylation sites is 1. The molecule has 3 aromatic heterocycles. The van der Waals surface area contributed by atoms with E-state index >= 15 is 0 Å². The summed E-state index contributed by atoms with van der Waals surface area (Å²) in [5.41, 5.74) is 3.83. The van der Waals surface area contributed by atoms with Gasteiger partial charge >= 0.3 is 0 Å². The molecule has 1 fully saturated rings. The van der Waals surface area contributed by atoms with E-state index in [1.165, 1.54) is 30.2 Å². The Labute approximate surface area is 286 Å². The molecule has 10 nitrogen and oxygen atoms in total. The highest BCUT2D eigenvalue weighted by molar-refractivity contribution is 7.22. The maximum Gasteiger partial charge on any atom is 0.197 e. The second-order valence-corrected chi connectivity index (χ2v) is 14.0. The maximum absolute atomic E-state index is 14.7. The number of nitrogens with one attached hydrogen (secondary N) is 1. The van der Waals surface area contributed by atoms with Crippen LogP contribution in [0.1, 0.15) is 59.2 Å². The smallest absolute Gasteiger partial charge is 0.197 e. The number of aliphatic hydroxyl groups excluding tert-OH is 1. The van der Waals surface area contributed by atoms with E-state index in [1.807, 2.05) is 36.1 Å². The van der Waals surface area contributed by atoms with Crippen LogP contribution in [0.5, 0.6) is 5.75 Å². The SMILES string of the molecule is Cc1c(Nc2nc3ccccc3s2)nnc2c1CCCN2c1nc(C(O)O)c(CCCOc2ccc(C#CCN3CCCC3)cc2F)s1. The topological polar surface area (TPSA) is 120 Å². The number of anilines is 4. The molecule has 0 atom stereocenters. The molecule has 3 N–H and O–H groups in total. The first-order valence-electron chi connectivity index (χ1n) is 16.2. The molecule has 5 aromatic rings. The van der Waals surface area contributed by atoms with Crippen molar-refractivity contribution in [1.29, 1.82) is 0 Å². The Morgan fingerprint density at radius 2 is 1.90 bits per heavy atom. The summed E-state index contributed by atoms with van der Waals surface area (Å²) in [6.45, 7) is 5.81. The van der Waals surface area contributed by atoms with Gasteiger partial charge in [-0.15, -0.1) is 21.5 Å². The average molecular weight is 686 g/mol. The molecule has 0 amide bonds. The van der Waals surface area contributed by atoms with Crippen LogP contribution in [0, 0.1) is 24.6 Å². The van der Waals surface area contributed by atoms with Gasteiger partial charge < -0.3 is 25.2 Å². The van der Waals surface area contributed by atoms with E-state index in [0.29, 0.717) is 42.4 Å². The third-order valence-electron chi connectivity index (χ3n) is 8.57. The van der Waals surface area contributed by atoms with Crippen LogP contribution in [0.2, 0.25) is 0 Å². The van der Waals surface area contributed by atoms with Crippen LogP contribution in [0.3, 0.4) is 0 Å². The molecule has 0 bridgehead atoms. The number of ether oxygens (including phenoxy) is 1. The van der Waals surface area contributed by atoms with Crippen LogP contribution >= 0.6 is 22.7 Å². The third kappa shape index (κ3) is 7.13. The number of hydrogen-bond acceptors (Lipinski definition) is 12. The zero-order chi connectivity index (χ0) is 33.0. The average Bonchev–Trinajstić information content (AvgIpc) is 3.85. The second kappa shape index (κ2) is 14.5. The normalized spacial score (nSPS) is 14.7. The number of thiazole rings is 2. The molecule has 0 radical (unpaired) electrons. The van der Waals surface area contributed by atoms with Crippen molar-refractivity contribution < 1.29 is 19.3 Å². The standard InChI is InChI=1S/C35H36FN7O3S2/c1-22-24-10-7-19-43(32(24)41-40-31(22)39-34-37-26-11-2-3-12-28(26)47-34)35-38-30(33(44)45)29(48-35)13-8-20-46-27-15-14-23(21-25(27)36)9-6-18-42-16-4-5-17-42/h2-3,11-12,14-15,21,33,44-45H,4-5,7-8,10,13,16-20H2,1H3,(H,37,39,40). The van der Waals surface area contributed by atoms with Crippen LogP contribution in [0.4, 0.5) is 26.3 Å². The fourth-order valence-corrected chi connectivity index (χ4v) is 8.08. The van der Waals surface area contributed by atoms with E-state index in [4.69, 9.17) is 4.74 Å². The lowest BCUT2D eigenvalue weighted by Crippen LogP contribution is -2.27. The van der Waals surface area contributed by atoms with Gasteiger partial charge in [0.1, 0.15) is 5.69 Å². The van der Waals surface area contributed by atoms with Gasteiger partial charge in [-0.3, -0.25) is 4.90 Å². The lowest BCUT2D eigenvalue weighted by atomic mass is 10.0. The molecule has 2 aromatic carbocycles. The molecule has 0 saturated carbocycles. The highest BCUT2D eigenvalue weighted by Crippen LogP contribution is 2.40. The van der Waals surface area contributed by atoms with Gasteiger partial charge in [-0.05, 0) is 88.9 Å². The summed E-state index contributed by atoms with van der Waals surface area (Å²) >= 11 is 2.96. The van der Waals surface area contributed by atoms with Gasteiger partial charge in [0.25, 0.3) is 0 Å². The summed E-state index contributed by atoms with van der Waals surface area (Å²) in [6.07, 6.45) is 3.45. The molecule has 1 saturated heterocycles. The fourth-order valence-electron chi connectivity index (χ4n) is 6.06. The number of aliphatic hydroxyl groups is 2. The van der Waals surface area contributed by atoms with Crippen molar-refractivity contribution >= 4 is 54.8 Å². The predicted molar refractivity (Wildman–Crippen MR) is 187 cm³/mol. The Kier molecular flexibility index (Phi) is 9.78. The summed E-state index contributed by atoms with van der Waals surface area (Å²) < 4.78 is 21.6. The molecule has 13 heteroatoms. The first-order valence-corrected chi connectivity index (χ1v) is 17.8. The number of rotatable bonds is 10. The molecule has 7 rings (SSSR count). The molecule has 48 heavy (non-hydrogen) atoms. The fraction of sp³-hybridized carbons (Fsp3) is 0.371. The summed E-state index contributed by atoms with van der Waals surface area (Å²) in [5, 5.41) is 34.1. The van der Waals surface area contributed by atoms with Crippen LogP contribution < -0.4 is 15.0 Å². The van der Waals surface area contributed by atoms with Crippen LogP contribution in [0.25, 0.3) is 10.2 Å². The highest BCUT2D eigenvalue weighted by atomic mass is 32.1. The van der Waals surface area contributed by atoms with E-state index in [9.17, 15) is 14.6 Å². The maximum atomic E-state index is 14.7. The Bertz CT molecular complexity index is 1950. The number of fused-ring (bicyclic) bond motifs is 2. The zero-order valence-corrected chi connectivity index (χ0v) is 28.2. The first kappa shape index (κ1) is 32.4. The van der Waals surface area contributed by atoms with Crippen molar-refractivity contribution in [3.8, 4) is 17.6 Å². The number of aromatic nitrogens is 4. The molecule has 2 aliphatic rings. The van der Waals surface area contributed by atoms with Crippen molar-refractivity contribution in [1.82, 2.24) is 25.1 Å². The van der Waals surface area contributed by atoms with Crippen LogP contribution in [-0.4, -0.2) is 68.1 Å². The lowest BCUT2D eigenvalue weighted by Gasteiger charge is -2.28. The Balaban J connectivity index is 0.999. The predicted octanol–water partition coefficient (Wildman–Crippen LogP) is 6.26. The van der Waals surface area contributed by atoms with Crippen LogP contribution in [-0.2, 0) is 12.8 Å². The summed E-state index contributed by atoms with van der Waals surface area (Å²) in [7, 11) is 0. The largest absolute Gasteiger partial charge is 0.491 e. The lowest BCUT2D eigenvalue weighted by molar-refractivity contribution is -0.0459. The molecule has 2 aliphatic heterocycles. The van der Waals surface area contributed by atoms with Gasteiger partial charge in [-0.1, -0.05) is 35.3 Å². The summed E-state index contributed by atoms with van der Waals surface area (Å²) in [6, 6.07) is 12.8. The quantitative estimate of drug-likeness (QED) is 0.0883. The van der Waals surface area contributed by atoms with Gasteiger partial charge in [-0.25, -0.2) is 14.4 Å². The van der Waals surface area contributed by atoms with Crippen molar-refractivity contribution in [3.63, 3.8) is 0 Å². The molecule has 248 valence electrons. The van der Waals surface area contributed by atoms with E-state index < -0.39 is 12.1 Å². The first-order chi connectivity index (χ1) is 23.4. The Morgan fingerprint density at radius 1 is 1.04 bits per heavy atom. The van der Waals surface area contributed by atoms with Crippen molar-refractivity contribution in [2.24, 2.45) is 0 Å². The molecule has 0 aliphatic carbocycles. The Hall–Kier alpha value is -4.19. The van der Waals surface area contributed by atoms with E-state index in [0.717, 1.165) is 63.1 Å². The van der Waals surface area contributed by atoms with Crippen molar-refractivity contribution in [2.75, 3.05) is 43.0 Å². The molecule has 0 unspecified atom stereocenters. The van der Waals surface area contributed by atoms with E-state index in [2.05, 4.69) is 42.2 Å². The minimum atomic E-state index is -1.72. The monoisotopic (exact) mass is 685 g/mol. The van der Waals surface area contributed by atoms with Gasteiger partial charge in [0.15, 0.2) is 39.8 Å². The highest BCUT2D eigenvalue weighted by Gasteiger charge is 2.28. The molecule has 5 heterocycles. The number of nitrogens with zero attached hydrogens (tertiary/aromatic N) is 6. The zero-order valence-electron chi connectivity index (χ0n) is 26.6. The molecular formula is C35H36FN7O3S2. The van der Waals surface area contributed by atoms with Gasteiger partial charge in [0.05, 0.1) is 23.4 Å². The number of benzene rings is 2. The van der Waals surface area contributed by atoms with Gasteiger partial charge in [0, 0.05) is 28.1 Å². The molecular weight excluding hydrogens is 650 g/mol. The van der Waals surface area contributed by atoms with E-state index in [-0.39, 0.29) is 18.1 Å². The van der Waals surface area contributed by atoms with Gasteiger partial charge in [0.2, 0.25) is 0 Å². The summed E-state index contributed by atoms with van der Waals surface area (Å²) in [4.78, 5) is 14.3. The van der Waals surface area contributed by atoms with E-state index in [1.54, 1.807) is 23.5 Å². The minimum Gasteiger partial charge on any atom is -0.491 e. The number of likely N-dealkylation sites (tertiary alicyclic amines) is 1. The Morgan fingerprint density at radius 3 is 2.71 bits per heavy atom. The second-order valence-electron chi connectivity index (χ2n) is 11.9. The summed E-state index contributed by atoms with van der Waals surface area (Å²) in [5.74, 6) is 7.28. The molecule has 0 spiro atoms. The number of aryl methyl sites for hydroxylation is 1. The van der Waals surface area contributed by atoms with Crippen molar-refractivity contribution in [3.05, 3.63) is 75.5 Å². The van der Waals surface area contributed by atoms with Crippen LogP contribution in [0.15, 0.2) is 42.5 Å². The number of halogens is 1.